The number of hydrogen-bond donors (Lipinski definition) is 2. The van der Waals surface area contributed by atoms with Crippen LogP contribution in [0.3, 0.4) is 0 Å². The molecule has 114 valence electrons. The Balaban J connectivity index is 2.41. The van der Waals surface area contributed by atoms with Crippen LogP contribution in [0.2, 0.25) is 0 Å². The monoisotopic (exact) mass is 272 g/mol. The fraction of sp³-hybridized carbons (Fsp3) is 1.00. The molecule has 2 N–H and O–H groups in total. The molecule has 0 aliphatic carbocycles. The minimum Gasteiger partial charge on any atom is -0.396 e. The summed E-state index contributed by atoms with van der Waals surface area (Å²) >= 11 is 0. The van der Waals surface area contributed by atoms with Gasteiger partial charge in [0.2, 0.25) is 0 Å². The summed E-state index contributed by atoms with van der Waals surface area (Å²) in [7, 11) is 0. The van der Waals surface area contributed by atoms with Gasteiger partial charge in [0.05, 0.1) is 5.60 Å². The maximum atomic E-state index is 9.85. The smallest absolute Gasteiger partial charge is 0.0718 e. The molecule has 1 heterocycles. The minimum atomic E-state index is -0.607. The Morgan fingerprint density at radius 1 is 0.895 bits per heavy atom. The lowest BCUT2D eigenvalue weighted by Crippen LogP contribution is -2.53. The summed E-state index contributed by atoms with van der Waals surface area (Å²) in [6.45, 7) is 14.2. The molecular weight excluding hydrogens is 240 g/mol. The summed E-state index contributed by atoms with van der Waals surface area (Å²) in [4.78, 5) is 4.79. The average Bonchev–Trinajstić information content (AvgIpc) is 2.37. The van der Waals surface area contributed by atoms with Gasteiger partial charge in [-0.25, -0.2) is 0 Å². The molecular formula is C15H32N2O2. The molecule has 0 radical (unpaired) electrons. The van der Waals surface area contributed by atoms with Gasteiger partial charge in [0.25, 0.3) is 0 Å². The van der Waals surface area contributed by atoms with Crippen LogP contribution in [0.15, 0.2) is 0 Å². The number of nitrogens with zero attached hydrogens (tertiary/aromatic N) is 2. The van der Waals surface area contributed by atoms with E-state index in [0.717, 1.165) is 52.1 Å². The largest absolute Gasteiger partial charge is 0.396 e. The van der Waals surface area contributed by atoms with Crippen molar-refractivity contribution in [2.45, 2.75) is 46.1 Å². The summed E-state index contributed by atoms with van der Waals surface area (Å²) in [5.74, 6) is 0. The molecule has 4 heteroatoms. The van der Waals surface area contributed by atoms with E-state index in [4.69, 9.17) is 0 Å². The molecule has 0 aromatic rings. The van der Waals surface area contributed by atoms with E-state index in [-0.39, 0.29) is 12.0 Å². The zero-order chi connectivity index (χ0) is 14.5. The van der Waals surface area contributed by atoms with E-state index in [2.05, 4.69) is 23.6 Å². The second-order valence-corrected chi connectivity index (χ2v) is 6.73. The van der Waals surface area contributed by atoms with Gasteiger partial charge in [-0.2, -0.15) is 0 Å². The number of aliphatic hydroxyl groups excluding tert-OH is 1. The third-order valence-electron chi connectivity index (χ3n) is 4.47. The van der Waals surface area contributed by atoms with Crippen molar-refractivity contribution in [3.63, 3.8) is 0 Å². The highest BCUT2D eigenvalue weighted by Gasteiger charge is 2.30. The Kier molecular flexibility index (Phi) is 6.24. The van der Waals surface area contributed by atoms with Crippen LogP contribution >= 0.6 is 0 Å². The third-order valence-corrected chi connectivity index (χ3v) is 4.47. The van der Waals surface area contributed by atoms with Gasteiger partial charge in [0.1, 0.15) is 0 Å². The Morgan fingerprint density at radius 2 is 1.32 bits per heavy atom. The van der Waals surface area contributed by atoms with Gasteiger partial charge in [0, 0.05) is 51.3 Å². The van der Waals surface area contributed by atoms with Crippen LogP contribution in [0.4, 0.5) is 0 Å². The molecule has 0 saturated carbocycles. The zero-order valence-electron chi connectivity index (χ0n) is 13.2. The van der Waals surface area contributed by atoms with E-state index < -0.39 is 5.60 Å². The van der Waals surface area contributed by atoms with E-state index in [9.17, 15) is 10.2 Å². The van der Waals surface area contributed by atoms with Gasteiger partial charge in [-0.1, -0.05) is 13.8 Å². The van der Waals surface area contributed by atoms with Crippen molar-refractivity contribution in [2.24, 2.45) is 5.41 Å². The molecule has 0 unspecified atom stereocenters. The van der Waals surface area contributed by atoms with Crippen molar-refractivity contribution in [3.8, 4) is 0 Å². The number of piperazine rings is 1. The number of hydrogen-bond acceptors (Lipinski definition) is 4. The second kappa shape index (κ2) is 7.02. The molecule has 1 aliphatic heterocycles. The Morgan fingerprint density at radius 3 is 1.63 bits per heavy atom. The van der Waals surface area contributed by atoms with Crippen LogP contribution in [0.25, 0.3) is 0 Å². The molecule has 0 aromatic heterocycles. The Bertz CT molecular complexity index is 243. The minimum absolute atomic E-state index is 0.0679. The maximum Gasteiger partial charge on any atom is 0.0718 e. The molecule has 0 atom stereocenters. The lowest BCUT2D eigenvalue weighted by atomic mass is 9.82. The fourth-order valence-electron chi connectivity index (χ4n) is 2.87. The summed E-state index contributed by atoms with van der Waals surface area (Å²) in [6, 6.07) is 0. The van der Waals surface area contributed by atoms with Gasteiger partial charge in [-0.3, -0.25) is 4.90 Å². The third kappa shape index (κ3) is 5.38. The highest BCUT2D eigenvalue weighted by Crippen LogP contribution is 2.27. The van der Waals surface area contributed by atoms with E-state index >= 15 is 0 Å². The highest BCUT2D eigenvalue weighted by molar-refractivity contribution is 4.84. The molecule has 1 rings (SSSR count). The van der Waals surface area contributed by atoms with Gasteiger partial charge in [-0.15, -0.1) is 0 Å². The fourth-order valence-corrected chi connectivity index (χ4v) is 2.87. The lowest BCUT2D eigenvalue weighted by molar-refractivity contribution is 0.00246. The first kappa shape index (κ1) is 16.9. The molecule has 19 heavy (non-hydrogen) atoms. The van der Waals surface area contributed by atoms with Crippen molar-refractivity contribution in [3.05, 3.63) is 0 Å². The van der Waals surface area contributed by atoms with E-state index in [1.807, 2.05) is 13.8 Å². The topological polar surface area (TPSA) is 46.9 Å². The van der Waals surface area contributed by atoms with Gasteiger partial charge in [-0.05, 0) is 26.7 Å². The van der Waals surface area contributed by atoms with Crippen LogP contribution < -0.4 is 0 Å². The van der Waals surface area contributed by atoms with Crippen LogP contribution in [0.5, 0.6) is 0 Å². The highest BCUT2D eigenvalue weighted by atomic mass is 16.3. The number of aliphatic hydroxyl groups is 2. The predicted molar refractivity (Wildman–Crippen MR) is 79.3 cm³/mol. The molecule has 0 aromatic carbocycles. The maximum absolute atomic E-state index is 9.85. The van der Waals surface area contributed by atoms with E-state index in [1.165, 1.54) is 0 Å². The number of β-amino-alcohol motifs (C(OH)–C–C–N with tert-alkyl or cyclic N) is 1. The first-order valence-corrected chi connectivity index (χ1v) is 7.62. The Hall–Kier alpha value is -0.160. The first-order chi connectivity index (χ1) is 8.84. The van der Waals surface area contributed by atoms with Gasteiger partial charge in [0.15, 0.2) is 0 Å². The van der Waals surface area contributed by atoms with Crippen LogP contribution in [0.1, 0.15) is 40.5 Å². The standard InChI is InChI=1S/C15H32N2O2/c1-5-15(6-2,13-18)12-17-9-7-16(8-10-17)11-14(3,4)19/h18-19H,5-13H2,1-4H3. The SMILES string of the molecule is CCC(CC)(CO)CN1CCN(CC(C)(C)O)CC1. The first-order valence-electron chi connectivity index (χ1n) is 7.62. The number of rotatable bonds is 7. The summed E-state index contributed by atoms with van der Waals surface area (Å²) in [5.41, 5.74) is -0.539. The molecule has 1 saturated heterocycles. The van der Waals surface area contributed by atoms with Crippen LogP contribution in [-0.2, 0) is 0 Å². The molecule has 0 bridgehead atoms. The molecule has 4 nitrogen and oxygen atoms in total. The summed E-state index contributed by atoms with van der Waals surface area (Å²) in [6.07, 6.45) is 2.06. The molecule has 1 aliphatic rings. The van der Waals surface area contributed by atoms with E-state index in [1.54, 1.807) is 0 Å². The van der Waals surface area contributed by atoms with Crippen LogP contribution in [-0.4, -0.2) is 71.5 Å². The Labute approximate surface area is 118 Å². The average molecular weight is 272 g/mol. The van der Waals surface area contributed by atoms with Crippen molar-refractivity contribution in [2.75, 3.05) is 45.9 Å². The lowest BCUT2D eigenvalue weighted by Gasteiger charge is -2.41. The molecule has 0 amide bonds. The summed E-state index contributed by atoms with van der Waals surface area (Å²) in [5, 5.41) is 19.5. The zero-order valence-corrected chi connectivity index (χ0v) is 13.2. The van der Waals surface area contributed by atoms with Gasteiger partial charge < -0.3 is 15.1 Å². The van der Waals surface area contributed by atoms with Gasteiger partial charge >= 0.3 is 0 Å². The van der Waals surface area contributed by atoms with Crippen molar-refractivity contribution >= 4 is 0 Å². The quantitative estimate of drug-likeness (QED) is 0.730. The molecule has 0 spiro atoms. The normalized spacial score (nSPS) is 19.9. The van der Waals surface area contributed by atoms with Crippen molar-refractivity contribution in [1.82, 2.24) is 9.80 Å². The predicted octanol–water partition coefficient (Wildman–Crippen LogP) is 1.17. The molecule has 1 fully saturated rings. The summed E-state index contributed by atoms with van der Waals surface area (Å²) < 4.78 is 0. The van der Waals surface area contributed by atoms with Crippen molar-refractivity contribution < 1.29 is 10.2 Å². The second-order valence-electron chi connectivity index (χ2n) is 6.73. The van der Waals surface area contributed by atoms with Crippen LogP contribution in [0, 0.1) is 5.41 Å². The van der Waals surface area contributed by atoms with E-state index in [0.29, 0.717) is 0 Å². The van der Waals surface area contributed by atoms with Crippen molar-refractivity contribution in [1.29, 1.82) is 0 Å².